The van der Waals surface area contributed by atoms with Crippen LogP contribution in [0, 0.1) is 5.92 Å². The van der Waals surface area contributed by atoms with E-state index in [9.17, 15) is 9.59 Å². The maximum atomic E-state index is 12.7. The average molecular weight is 364 g/mol. The smallest absolute Gasteiger partial charge is 0.225 e. The minimum Gasteiger partial charge on any atom is -0.497 e. The molecule has 0 aromatic heterocycles. The summed E-state index contributed by atoms with van der Waals surface area (Å²) in [7, 11) is 4.78. The molecule has 2 rings (SSSR count). The summed E-state index contributed by atoms with van der Waals surface area (Å²) in [4.78, 5) is 26.7. The lowest BCUT2D eigenvalue weighted by Crippen LogP contribution is -2.37. The van der Waals surface area contributed by atoms with Gasteiger partial charge in [0.25, 0.3) is 0 Å². The topological polar surface area (TPSA) is 77.1 Å². The lowest BCUT2D eigenvalue weighted by atomic mass is 9.87. The molecule has 1 saturated heterocycles. The van der Waals surface area contributed by atoms with Gasteiger partial charge in [-0.05, 0) is 6.07 Å². The number of carbonyl (C=O) groups is 2. The van der Waals surface area contributed by atoms with E-state index in [1.165, 1.54) is 0 Å². The Bertz CT molecular complexity index is 634. The molecule has 1 N–H and O–H groups in total. The van der Waals surface area contributed by atoms with Crippen LogP contribution in [-0.2, 0) is 14.3 Å². The predicted molar refractivity (Wildman–Crippen MR) is 97.5 cm³/mol. The molecule has 1 aromatic rings. The summed E-state index contributed by atoms with van der Waals surface area (Å²) in [6.07, 6.45) is 0.421. The van der Waals surface area contributed by atoms with Crippen LogP contribution in [-0.4, -0.2) is 64.3 Å². The number of hydrogen-bond acceptors (Lipinski definition) is 5. The van der Waals surface area contributed by atoms with Crippen molar-refractivity contribution in [2.75, 3.05) is 47.6 Å². The Morgan fingerprint density at radius 2 is 1.96 bits per heavy atom. The molecule has 2 atom stereocenters. The Kier molecular flexibility index (Phi) is 7.26. The molecule has 0 saturated carbocycles. The van der Waals surface area contributed by atoms with Crippen molar-refractivity contribution < 1.29 is 23.8 Å². The molecule has 7 nitrogen and oxygen atoms in total. The molecule has 7 heteroatoms. The maximum absolute atomic E-state index is 12.7. The quantitative estimate of drug-likeness (QED) is 0.706. The van der Waals surface area contributed by atoms with Gasteiger partial charge in [0.15, 0.2) is 0 Å². The van der Waals surface area contributed by atoms with Gasteiger partial charge in [-0.25, -0.2) is 0 Å². The van der Waals surface area contributed by atoms with E-state index >= 15 is 0 Å². The molecule has 1 aliphatic heterocycles. The summed E-state index contributed by atoms with van der Waals surface area (Å²) in [5.41, 5.74) is 0.909. The van der Waals surface area contributed by atoms with Crippen molar-refractivity contribution in [3.05, 3.63) is 23.8 Å². The van der Waals surface area contributed by atoms with E-state index in [2.05, 4.69) is 5.32 Å². The highest BCUT2D eigenvalue weighted by Crippen LogP contribution is 2.39. The Labute approximate surface area is 154 Å². The first-order chi connectivity index (χ1) is 12.5. The predicted octanol–water partition coefficient (Wildman–Crippen LogP) is 1.42. The number of ether oxygens (including phenoxy) is 3. The van der Waals surface area contributed by atoms with Crippen LogP contribution >= 0.6 is 0 Å². The van der Waals surface area contributed by atoms with E-state index in [0.717, 1.165) is 5.56 Å². The number of hydrogen-bond donors (Lipinski definition) is 1. The number of methoxy groups -OCH3 is 3. The van der Waals surface area contributed by atoms with Crippen molar-refractivity contribution in [2.45, 2.75) is 19.3 Å². The highest BCUT2D eigenvalue weighted by molar-refractivity contribution is 5.83. The van der Waals surface area contributed by atoms with Gasteiger partial charge >= 0.3 is 0 Å². The van der Waals surface area contributed by atoms with E-state index in [0.29, 0.717) is 44.2 Å². The van der Waals surface area contributed by atoms with Crippen LogP contribution in [0.5, 0.6) is 11.5 Å². The zero-order chi connectivity index (χ0) is 19.1. The van der Waals surface area contributed by atoms with Gasteiger partial charge in [-0.15, -0.1) is 0 Å². The van der Waals surface area contributed by atoms with Crippen molar-refractivity contribution in [3.8, 4) is 11.5 Å². The number of likely N-dealkylation sites (tertiary alicyclic amines) is 1. The highest BCUT2D eigenvalue weighted by atomic mass is 16.5. The molecular weight excluding hydrogens is 336 g/mol. The third-order valence-corrected chi connectivity index (χ3v) is 4.76. The Morgan fingerprint density at radius 3 is 2.58 bits per heavy atom. The monoisotopic (exact) mass is 364 g/mol. The summed E-state index contributed by atoms with van der Waals surface area (Å²) in [5.74, 6) is 0.866. The largest absolute Gasteiger partial charge is 0.497 e. The molecule has 144 valence electrons. The van der Waals surface area contributed by atoms with Crippen molar-refractivity contribution in [1.29, 1.82) is 0 Å². The summed E-state index contributed by atoms with van der Waals surface area (Å²) in [6, 6.07) is 5.57. The molecule has 1 aliphatic rings. The molecule has 1 aromatic carbocycles. The highest BCUT2D eigenvalue weighted by Gasteiger charge is 2.41. The molecule has 0 spiro atoms. The van der Waals surface area contributed by atoms with Gasteiger partial charge in [-0.1, -0.05) is 13.0 Å². The Morgan fingerprint density at radius 1 is 1.19 bits per heavy atom. The number of amides is 2. The molecule has 0 aliphatic carbocycles. The second-order valence-electron chi connectivity index (χ2n) is 6.26. The number of benzene rings is 1. The molecule has 0 radical (unpaired) electrons. The molecule has 0 bridgehead atoms. The van der Waals surface area contributed by atoms with Gasteiger partial charge < -0.3 is 24.4 Å². The first kappa shape index (κ1) is 20.0. The third-order valence-electron chi connectivity index (χ3n) is 4.76. The van der Waals surface area contributed by atoms with Crippen LogP contribution in [0.1, 0.15) is 24.8 Å². The Hall–Kier alpha value is -2.28. The first-order valence-electron chi connectivity index (χ1n) is 8.82. The van der Waals surface area contributed by atoms with E-state index < -0.39 is 0 Å². The van der Waals surface area contributed by atoms with Gasteiger partial charge in [0.2, 0.25) is 11.8 Å². The van der Waals surface area contributed by atoms with E-state index in [1.807, 2.05) is 19.1 Å². The maximum Gasteiger partial charge on any atom is 0.225 e. The normalized spacial score (nSPS) is 19.3. The summed E-state index contributed by atoms with van der Waals surface area (Å²) < 4.78 is 15.8. The minimum absolute atomic E-state index is 0.0506. The summed E-state index contributed by atoms with van der Waals surface area (Å²) >= 11 is 0. The van der Waals surface area contributed by atoms with Gasteiger partial charge in [0.1, 0.15) is 11.5 Å². The van der Waals surface area contributed by atoms with Crippen LogP contribution in [0.3, 0.4) is 0 Å². The van der Waals surface area contributed by atoms with Crippen molar-refractivity contribution in [2.24, 2.45) is 5.92 Å². The molecule has 26 heavy (non-hydrogen) atoms. The first-order valence-corrected chi connectivity index (χ1v) is 8.82. The Balaban J connectivity index is 2.29. The van der Waals surface area contributed by atoms with Gasteiger partial charge in [-0.3, -0.25) is 9.59 Å². The average Bonchev–Trinajstić information content (AvgIpc) is 3.12. The SMILES string of the molecule is CCC(=O)N1CC(C(=O)NCCOC)C(c2ccc(OC)cc2OC)C1. The van der Waals surface area contributed by atoms with Gasteiger partial charge in [-0.2, -0.15) is 0 Å². The second kappa shape index (κ2) is 9.43. The van der Waals surface area contributed by atoms with Gasteiger partial charge in [0, 0.05) is 50.7 Å². The number of carbonyl (C=O) groups excluding carboxylic acids is 2. The van der Waals surface area contributed by atoms with E-state index in [1.54, 1.807) is 32.3 Å². The van der Waals surface area contributed by atoms with Crippen molar-refractivity contribution in [3.63, 3.8) is 0 Å². The number of nitrogens with zero attached hydrogens (tertiary/aromatic N) is 1. The third kappa shape index (κ3) is 4.46. The lowest BCUT2D eigenvalue weighted by molar-refractivity contribution is -0.130. The van der Waals surface area contributed by atoms with Crippen LogP contribution in [0.2, 0.25) is 0 Å². The van der Waals surface area contributed by atoms with Gasteiger partial charge in [0.05, 0.1) is 26.7 Å². The van der Waals surface area contributed by atoms with Crippen LogP contribution < -0.4 is 14.8 Å². The van der Waals surface area contributed by atoms with Crippen LogP contribution in [0.25, 0.3) is 0 Å². The lowest BCUT2D eigenvalue weighted by Gasteiger charge is -2.20. The summed E-state index contributed by atoms with van der Waals surface area (Å²) in [6.45, 7) is 3.63. The fourth-order valence-electron chi connectivity index (χ4n) is 3.34. The standard InChI is InChI=1S/C19H28N2O5/c1-5-18(22)21-11-15(16(12-21)19(23)20-8-9-24-2)14-7-6-13(25-3)10-17(14)26-4/h6-7,10,15-16H,5,8-9,11-12H2,1-4H3,(H,20,23). The van der Waals surface area contributed by atoms with Crippen molar-refractivity contribution >= 4 is 11.8 Å². The molecular formula is C19H28N2O5. The number of rotatable bonds is 8. The summed E-state index contributed by atoms with van der Waals surface area (Å²) in [5, 5.41) is 2.90. The molecule has 2 unspecified atom stereocenters. The molecule has 2 amide bonds. The fraction of sp³-hybridized carbons (Fsp3) is 0.579. The van der Waals surface area contributed by atoms with E-state index in [-0.39, 0.29) is 23.7 Å². The van der Waals surface area contributed by atoms with Crippen LogP contribution in [0.4, 0.5) is 0 Å². The van der Waals surface area contributed by atoms with E-state index in [4.69, 9.17) is 14.2 Å². The second-order valence-corrected chi connectivity index (χ2v) is 6.26. The van der Waals surface area contributed by atoms with Crippen LogP contribution in [0.15, 0.2) is 18.2 Å². The molecule has 1 fully saturated rings. The fourth-order valence-corrected chi connectivity index (χ4v) is 3.34. The van der Waals surface area contributed by atoms with Crippen molar-refractivity contribution in [1.82, 2.24) is 10.2 Å². The number of nitrogens with one attached hydrogen (secondary N) is 1. The minimum atomic E-state index is -0.329. The zero-order valence-corrected chi connectivity index (χ0v) is 15.9. The molecule has 1 heterocycles. The zero-order valence-electron chi connectivity index (χ0n) is 15.9.